The summed E-state index contributed by atoms with van der Waals surface area (Å²) in [6.07, 6.45) is 4.29. The molecular weight excluding hydrogens is 374 g/mol. The maximum atomic E-state index is 12.2. The third-order valence-electron chi connectivity index (χ3n) is 4.10. The second-order valence-electron chi connectivity index (χ2n) is 6.01. The largest absolute Gasteiger partial charge is 0.353 e. The fourth-order valence-electron chi connectivity index (χ4n) is 2.85. The minimum Gasteiger partial charge on any atom is -0.353 e. The molecule has 0 aliphatic heterocycles. The van der Waals surface area contributed by atoms with E-state index in [1.165, 1.54) is 0 Å². The highest BCUT2D eigenvalue weighted by Gasteiger charge is 2.20. The standard InChI is InChI=1S/C17H20BrN3OS/c18-12-3-1-2-11(8-12)17-21-15(10-23-17)9-16(22)20-14-6-4-13(19)5-7-14/h1-3,8,10,13-14H,4-7,9,19H2,(H,20,22). The van der Waals surface area contributed by atoms with Gasteiger partial charge in [-0.25, -0.2) is 4.98 Å². The average molecular weight is 394 g/mol. The van der Waals surface area contributed by atoms with Crippen LogP contribution in [0.15, 0.2) is 34.1 Å². The monoisotopic (exact) mass is 393 g/mol. The molecule has 0 saturated heterocycles. The van der Waals surface area contributed by atoms with E-state index in [2.05, 4.69) is 26.2 Å². The van der Waals surface area contributed by atoms with Crippen molar-refractivity contribution in [3.05, 3.63) is 39.8 Å². The quantitative estimate of drug-likeness (QED) is 0.834. The van der Waals surface area contributed by atoms with Gasteiger partial charge in [0.1, 0.15) is 5.01 Å². The molecule has 23 heavy (non-hydrogen) atoms. The summed E-state index contributed by atoms with van der Waals surface area (Å²) in [5.74, 6) is 0.0524. The van der Waals surface area contributed by atoms with Crippen molar-refractivity contribution in [2.24, 2.45) is 5.73 Å². The molecule has 3 rings (SSSR count). The lowest BCUT2D eigenvalue weighted by atomic mass is 9.92. The molecule has 1 fully saturated rings. The Balaban J connectivity index is 1.57. The van der Waals surface area contributed by atoms with Gasteiger partial charge in [-0.05, 0) is 37.8 Å². The van der Waals surface area contributed by atoms with Crippen LogP contribution >= 0.6 is 27.3 Å². The molecule has 0 radical (unpaired) electrons. The molecule has 0 spiro atoms. The SMILES string of the molecule is NC1CCC(NC(=O)Cc2csc(-c3cccc(Br)c3)n2)CC1. The van der Waals surface area contributed by atoms with Crippen molar-refractivity contribution in [2.75, 3.05) is 0 Å². The third-order valence-corrected chi connectivity index (χ3v) is 5.54. The molecular formula is C17H20BrN3OS. The normalized spacial score (nSPS) is 21.1. The maximum absolute atomic E-state index is 12.2. The Bertz CT molecular complexity index is 680. The van der Waals surface area contributed by atoms with Crippen molar-refractivity contribution in [3.8, 4) is 10.6 Å². The summed E-state index contributed by atoms with van der Waals surface area (Å²) >= 11 is 5.04. The van der Waals surface area contributed by atoms with Gasteiger partial charge in [0, 0.05) is 27.5 Å². The molecule has 1 aliphatic carbocycles. The lowest BCUT2D eigenvalue weighted by Gasteiger charge is -2.26. The number of rotatable bonds is 4. The van der Waals surface area contributed by atoms with Gasteiger partial charge in [0.2, 0.25) is 5.91 Å². The number of aromatic nitrogens is 1. The van der Waals surface area contributed by atoms with Crippen LogP contribution in [0.2, 0.25) is 0 Å². The molecule has 4 nitrogen and oxygen atoms in total. The van der Waals surface area contributed by atoms with Crippen molar-refractivity contribution in [1.82, 2.24) is 10.3 Å². The molecule has 1 aliphatic rings. The Labute approximate surface area is 148 Å². The molecule has 2 aromatic rings. The molecule has 3 N–H and O–H groups in total. The molecule has 1 aromatic carbocycles. The van der Waals surface area contributed by atoms with Crippen molar-refractivity contribution in [2.45, 2.75) is 44.2 Å². The Morgan fingerprint density at radius 3 is 2.87 bits per heavy atom. The molecule has 1 aromatic heterocycles. The zero-order chi connectivity index (χ0) is 16.2. The third kappa shape index (κ3) is 4.62. The van der Waals surface area contributed by atoms with E-state index in [0.29, 0.717) is 12.5 Å². The van der Waals surface area contributed by atoms with Crippen molar-refractivity contribution in [1.29, 1.82) is 0 Å². The van der Waals surface area contributed by atoms with Gasteiger partial charge in [0.05, 0.1) is 12.1 Å². The van der Waals surface area contributed by atoms with Crippen LogP contribution in [0, 0.1) is 0 Å². The van der Waals surface area contributed by atoms with E-state index >= 15 is 0 Å². The Morgan fingerprint density at radius 1 is 1.35 bits per heavy atom. The smallest absolute Gasteiger partial charge is 0.226 e. The summed E-state index contributed by atoms with van der Waals surface area (Å²) in [7, 11) is 0. The van der Waals surface area contributed by atoms with Gasteiger partial charge in [0.25, 0.3) is 0 Å². The predicted octanol–water partition coefficient (Wildman–Crippen LogP) is 3.50. The predicted molar refractivity (Wildman–Crippen MR) is 97.3 cm³/mol. The molecule has 6 heteroatoms. The second kappa shape index (κ2) is 7.55. The van der Waals surface area contributed by atoms with E-state index in [1.807, 2.05) is 29.6 Å². The first-order valence-electron chi connectivity index (χ1n) is 7.85. The zero-order valence-electron chi connectivity index (χ0n) is 12.8. The van der Waals surface area contributed by atoms with Gasteiger partial charge in [-0.2, -0.15) is 0 Å². The first kappa shape index (κ1) is 16.6. The number of nitrogens with zero attached hydrogens (tertiary/aromatic N) is 1. The van der Waals surface area contributed by atoms with Crippen LogP contribution in [0.1, 0.15) is 31.4 Å². The van der Waals surface area contributed by atoms with E-state index in [-0.39, 0.29) is 11.9 Å². The topological polar surface area (TPSA) is 68.0 Å². The molecule has 0 unspecified atom stereocenters. The fourth-order valence-corrected chi connectivity index (χ4v) is 4.06. The van der Waals surface area contributed by atoms with E-state index in [4.69, 9.17) is 5.73 Å². The van der Waals surface area contributed by atoms with Gasteiger partial charge in [0.15, 0.2) is 0 Å². The number of thiazole rings is 1. The van der Waals surface area contributed by atoms with E-state index < -0.39 is 0 Å². The van der Waals surface area contributed by atoms with Crippen molar-refractivity contribution < 1.29 is 4.79 Å². The van der Waals surface area contributed by atoms with Crippen LogP contribution in [0.5, 0.6) is 0 Å². The highest BCUT2D eigenvalue weighted by atomic mass is 79.9. The highest BCUT2D eigenvalue weighted by molar-refractivity contribution is 9.10. The van der Waals surface area contributed by atoms with E-state index in [1.54, 1.807) is 11.3 Å². The van der Waals surface area contributed by atoms with Crippen LogP contribution in [0.3, 0.4) is 0 Å². The second-order valence-corrected chi connectivity index (χ2v) is 7.78. The number of benzene rings is 1. The minimum absolute atomic E-state index is 0.0524. The number of hydrogen-bond donors (Lipinski definition) is 2. The van der Waals surface area contributed by atoms with Crippen LogP contribution in [-0.2, 0) is 11.2 Å². The summed E-state index contributed by atoms with van der Waals surface area (Å²) < 4.78 is 1.03. The first-order chi connectivity index (χ1) is 11.1. The number of carbonyl (C=O) groups excluding carboxylic acids is 1. The number of nitrogens with one attached hydrogen (secondary N) is 1. The lowest BCUT2D eigenvalue weighted by Crippen LogP contribution is -2.41. The summed E-state index contributed by atoms with van der Waals surface area (Å²) in [5.41, 5.74) is 7.79. The lowest BCUT2D eigenvalue weighted by molar-refractivity contribution is -0.121. The molecule has 0 atom stereocenters. The first-order valence-corrected chi connectivity index (χ1v) is 9.52. The molecule has 1 heterocycles. The van der Waals surface area contributed by atoms with Crippen LogP contribution < -0.4 is 11.1 Å². The van der Waals surface area contributed by atoms with Crippen LogP contribution in [0.25, 0.3) is 10.6 Å². The molecule has 0 bridgehead atoms. The number of hydrogen-bond acceptors (Lipinski definition) is 4. The van der Waals surface area contributed by atoms with Crippen molar-refractivity contribution >= 4 is 33.2 Å². The van der Waals surface area contributed by atoms with E-state index in [9.17, 15) is 4.79 Å². The van der Waals surface area contributed by atoms with Crippen LogP contribution in [0.4, 0.5) is 0 Å². The highest BCUT2D eigenvalue weighted by Crippen LogP contribution is 2.26. The minimum atomic E-state index is 0.0524. The van der Waals surface area contributed by atoms with Gasteiger partial charge in [-0.1, -0.05) is 28.1 Å². The average Bonchev–Trinajstić information content (AvgIpc) is 2.98. The van der Waals surface area contributed by atoms with Gasteiger partial charge in [-0.3, -0.25) is 4.79 Å². The summed E-state index contributed by atoms with van der Waals surface area (Å²) in [6.45, 7) is 0. The molecule has 1 saturated carbocycles. The number of nitrogens with two attached hydrogens (primary N) is 1. The zero-order valence-corrected chi connectivity index (χ0v) is 15.2. The Hall–Kier alpha value is -1.24. The summed E-state index contributed by atoms with van der Waals surface area (Å²) in [5, 5.41) is 6.02. The van der Waals surface area contributed by atoms with E-state index in [0.717, 1.165) is 46.4 Å². The van der Waals surface area contributed by atoms with Crippen molar-refractivity contribution in [3.63, 3.8) is 0 Å². The number of halogens is 1. The summed E-state index contributed by atoms with van der Waals surface area (Å²) in [4.78, 5) is 16.8. The Kier molecular flexibility index (Phi) is 5.46. The number of carbonyl (C=O) groups is 1. The Morgan fingerprint density at radius 2 is 2.13 bits per heavy atom. The van der Waals surface area contributed by atoms with Gasteiger partial charge in [-0.15, -0.1) is 11.3 Å². The maximum Gasteiger partial charge on any atom is 0.226 e. The summed E-state index contributed by atoms with van der Waals surface area (Å²) in [6, 6.07) is 8.61. The molecule has 1 amide bonds. The molecule has 122 valence electrons. The number of amides is 1. The van der Waals surface area contributed by atoms with Crippen LogP contribution in [-0.4, -0.2) is 23.0 Å². The van der Waals surface area contributed by atoms with Gasteiger partial charge >= 0.3 is 0 Å². The van der Waals surface area contributed by atoms with Gasteiger partial charge < -0.3 is 11.1 Å². The fraction of sp³-hybridized carbons (Fsp3) is 0.412.